The number of aryl methyl sites for hydroxylation is 1. The third-order valence-corrected chi connectivity index (χ3v) is 6.39. The fourth-order valence-electron chi connectivity index (χ4n) is 1.93. The summed E-state index contributed by atoms with van der Waals surface area (Å²) in [4.78, 5) is 24.0. The molecule has 1 N–H and O–H groups in total. The third-order valence-electron chi connectivity index (χ3n) is 3.16. The lowest BCUT2D eigenvalue weighted by Gasteiger charge is -2.07. The lowest BCUT2D eigenvalue weighted by Crippen LogP contribution is -2.30. The Bertz CT molecular complexity index is 696. The molecule has 1 aromatic carbocycles. The maximum Gasteiger partial charge on any atom is 0.348 e. The molecule has 7 heteroatoms. The van der Waals surface area contributed by atoms with E-state index in [4.69, 9.17) is 4.74 Å². The van der Waals surface area contributed by atoms with Crippen LogP contribution in [0.5, 0.6) is 0 Å². The molecule has 122 valence electrons. The van der Waals surface area contributed by atoms with E-state index in [9.17, 15) is 9.59 Å². The largest absolute Gasteiger partial charge is 0.451 e. The minimum absolute atomic E-state index is 0.278. The van der Waals surface area contributed by atoms with E-state index < -0.39 is 5.97 Å². The van der Waals surface area contributed by atoms with Crippen molar-refractivity contribution in [2.45, 2.75) is 13.3 Å². The summed E-state index contributed by atoms with van der Waals surface area (Å²) in [6.07, 6.45) is 0.747. The second kappa shape index (κ2) is 8.61. The maximum absolute atomic E-state index is 11.8. The van der Waals surface area contributed by atoms with Crippen LogP contribution in [0.2, 0.25) is 0 Å². The number of nitrogens with one attached hydrogen (secondary N) is 1. The molecule has 1 heterocycles. The number of halogens is 2. The van der Waals surface area contributed by atoms with Crippen molar-refractivity contribution in [3.63, 3.8) is 0 Å². The van der Waals surface area contributed by atoms with Crippen molar-refractivity contribution in [2.75, 3.05) is 13.2 Å². The third kappa shape index (κ3) is 5.44. The van der Waals surface area contributed by atoms with E-state index in [0.717, 1.165) is 14.7 Å². The average Bonchev–Trinajstić information content (AvgIpc) is 2.86. The number of rotatable bonds is 6. The molecule has 0 saturated heterocycles. The van der Waals surface area contributed by atoms with E-state index in [0.29, 0.717) is 11.4 Å². The summed E-state index contributed by atoms with van der Waals surface area (Å²) in [5, 5.41) is 2.75. The van der Waals surface area contributed by atoms with E-state index in [2.05, 4.69) is 37.2 Å². The van der Waals surface area contributed by atoms with Crippen molar-refractivity contribution in [1.29, 1.82) is 0 Å². The Morgan fingerprint density at radius 1 is 1.26 bits per heavy atom. The molecule has 0 saturated carbocycles. The first-order valence-corrected chi connectivity index (χ1v) is 9.31. The predicted octanol–water partition coefficient (Wildman–Crippen LogP) is 4.10. The minimum atomic E-state index is -0.504. The molecule has 0 aliphatic rings. The summed E-state index contributed by atoms with van der Waals surface area (Å²) in [5.74, 6) is -0.808. The number of carbonyl (C=O) groups is 2. The fourth-order valence-corrected chi connectivity index (χ4v) is 3.86. The molecular weight excluding hydrogens is 446 g/mol. The number of esters is 1. The second-order valence-corrected chi connectivity index (χ2v) is 8.06. The van der Waals surface area contributed by atoms with Crippen molar-refractivity contribution in [1.82, 2.24) is 5.32 Å². The number of benzene rings is 1. The molecule has 0 aliphatic carbocycles. The van der Waals surface area contributed by atoms with Crippen LogP contribution in [0.3, 0.4) is 0 Å². The summed E-state index contributed by atoms with van der Waals surface area (Å²) in [7, 11) is 0. The zero-order valence-electron chi connectivity index (χ0n) is 12.4. The van der Waals surface area contributed by atoms with Crippen LogP contribution in [0.1, 0.15) is 20.8 Å². The van der Waals surface area contributed by atoms with E-state index in [1.165, 1.54) is 22.5 Å². The standard InChI is InChI=1S/C16H15Br2NO3S/c1-10-4-2-3-5-11(10)6-7-19-14(20)9-22-16(21)13-8-12(17)15(18)23-13/h2-5,8H,6-7,9H2,1H3,(H,19,20). The number of hydrogen-bond acceptors (Lipinski definition) is 4. The van der Waals surface area contributed by atoms with Crippen molar-refractivity contribution >= 4 is 55.1 Å². The Labute approximate surface area is 155 Å². The molecule has 1 aromatic heterocycles. The molecule has 23 heavy (non-hydrogen) atoms. The minimum Gasteiger partial charge on any atom is -0.451 e. The number of thiophene rings is 1. The van der Waals surface area contributed by atoms with E-state index in [-0.39, 0.29) is 12.5 Å². The molecule has 0 aliphatic heterocycles. The summed E-state index contributed by atoms with van der Waals surface area (Å²) in [6, 6.07) is 9.69. The van der Waals surface area contributed by atoms with Crippen LogP contribution in [-0.4, -0.2) is 25.0 Å². The van der Waals surface area contributed by atoms with Crippen molar-refractivity contribution < 1.29 is 14.3 Å². The SMILES string of the molecule is Cc1ccccc1CCNC(=O)COC(=O)c1cc(Br)c(Br)s1. The van der Waals surface area contributed by atoms with Crippen LogP contribution < -0.4 is 5.32 Å². The summed E-state index contributed by atoms with van der Waals surface area (Å²) in [6.45, 7) is 2.27. The van der Waals surface area contributed by atoms with Gasteiger partial charge in [0.15, 0.2) is 6.61 Å². The van der Waals surface area contributed by atoms with Gasteiger partial charge in [-0.2, -0.15) is 0 Å². The van der Waals surface area contributed by atoms with Gasteiger partial charge in [-0.15, -0.1) is 11.3 Å². The van der Waals surface area contributed by atoms with Gasteiger partial charge >= 0.3 is 5.97 Å². The smallest absolute Gasteiger partial charge is 0.348 e. The number of ether oxygens (including phenoxy) is 1. The van der Waals surface area contributed by atoms with Crippen molar-refractivity contribution in [2.24, 2.45) is 0 Å². The monoisotopic (exact) mass is 459 g/mol. The van der Waals surface area contributed by atoms with E-state index in [1.807, 2.05) is 31.2 Å². The quantitative estimate of drug-likeness (QED) is 0.660. The van der Waals surface area contributed by atoms with Crippen LogP contribution in [-0.2, 0) is 16.0 Å². The van der Waals surface area contributed by atoms with Gasteiger partial charge in [0, 0.05) is 11.0 Å². The van der Waals surface area contributed by atoms with Gasteiger partial charge in [0.25, 0.3) is 5.91 Å². The Hall–Kier alpha value is -1.18. The van der Waals surface area contributed by atoms with Crippen LogP contribution in [0.25, 0.3) is 0 Å². The van der Waals surface area contributed by atoms with Gasteiger partial charge in [-0.1, -0.05) is 24.3 Å². The van der Waals surface area contributed by atoms with Gasteiger partial charge in [0.05, 0.1) is 3.79 Å². The second-order valence-electron chi connectivity index (χ2n) is 4.83. The Balaban J connectivity index is 1.73. The maximum atomic E-state index is 11.8. The van der Waals surface area contributed by atoms with E-state index in [1.54, 1.807) is 6.07 Å². The van der Waals surface area contributed by atoms with Gasteiger partial charge in [-0.25, -0.2) is 4.79 Å². The van der Waals surface area contributed by atoms with Crippen LogP contribution in [0.4, 0.5) is 0 Å². The molecule has 0 atom stereocenters. The predicted molar refractivity (Wildman–Crippen MR) is 97.9 cm³/mol. The zero-order valence-corrected chi connectivity index (χ0v) is 16.4. The molecule has 4 nitrogen and oxygen atoms in total. The van der Waals surface area contributed by atoms with Gasteiger partial charge in [0.1, 0.15) is 4.88 Å². The first-order valence-electron chi connectivity index (χ1n) is 6.90. The topological polar surface area (TPSA) is 55.4 Å². The number of hydrogen-bond donors (Lipinski definition) is 1. The summed E-state index contributed by atoms with van der Waals surface area (Å²) >= 11 is 7.87. The molecule has 0 spiro atoms. The highest BCUT2D eigenvalue weighted by Gasteiger charge is 2.14. The molecule has 0 bridgehead atoms. The molecular formula is C16H15Br2NO3S. The van der Waals surface area contributed by atoms with Gasteiger partial charge in [-0.3, -0.25) is 4.79 Å². The highest BCUT2D eigenvalue weighted by molar-refractivity contribution is 9.13. The molecule has 2 aromatic rings. The van der Waals surface area contributed by atoms with Gasteiger partial charge < -0.3 is 10.1 Å². The highest BCUT2D eigenvalue weighted by atomic mass is 79.9. The highest BCUT2D eigenvalue weighted by Crippen LogP contribution is 2.32. The molecule has 0 radical (unpaired) electrons. The van der Waals surface area contributed by atoms with Crippen LogP contribution in [0, 0.1) is 6.92 Å². The molecule has 0 unspecified atom stereocenters. The van der Waals surface area contributed by atoms with Crippen LogP contribution in [0.15, 0.2) is 38.6 Å². The first kappa shape index (κ1) is 18.2. The Morgan fingerprint density at radius 2 is 2.00 bits per heavy atom. The Morgan fingerprint density at radius 3 is 2.65 bits per heavy atom. The van der Waals surface area contributed by atoms with E-state index >= 15 is 0 Å². The van der Waals surface area contributed by atoms with Gasteiger partial charge in [-0.05, 0) is 62.4 Å². The lowest BCUT2D eigenvalue weighted by atomic mass is 10.1. The molecule has 0 fully saturated rings. The lowest BCUT2D eigenvalue weighted by molar-refractivity contribution is -0.124. The first-order chi connectivity index (χ1) is 11.0. The average molecular weight is 461 g/mol. The molecule has 2 rings (SSSR count). The van der Waals surface area contributed by atoms with Gasteiger partial charge in [0.2, 0.25) is 0 Å². The zero-order chi connectivity index (χ0) is 16.8. The van der Waals surface area contributed by atoms with Crippen molar-refractivity contribution in [3.05, 3.63) is 54.6 Å². The number of amides is 1. The normalized spacial score (nSPS) is 10.4. The summed E-state index contributed by atoms with van der Waals surface area (Å²) in [5.41, 5.74) is 2.39. The molecule has 1 amide bonds. The number of carbonyl (C=O) groups excluding carboxylic acids is 2. The Kier molecular flexibility index (Phi) is 6.80. The van der Waals surface area contributed by atoms with Crippen LogP contribution >= 0.6 is 43.2 Å². The fraction of sp³-hybridized carbons (Fsp3) is 0.250. The summed E-state index contributed by atoms with van der Waals surface area (Å²) < 4.78 is 6.60. The van der Waals surface area contributed by atoms with Crippen molar-refractivity contribution in [3.8, 4) is 0 Å².